The van der Waals surface area contributed by atoms with Crippen molar-refractivity contribution in [3.05, 3.63) is 88.5 Å². The molecule has 0 spiro atoms. The van der Waals surface area contributed by atoms with Gasteiger partial charge in [-0.15, -0.1) is 0 Å². The van der Waals surface area contributed by atoms with Gasteiger partial charge in [0.25, 0.3) is 10.0 Å². The molecule has 1 amide bonds. The van der Waals surface area contributed by atoms with Gasteiger partial charge in [0.1, 0.15) is 6.04 Å². The quantitative estimate of drug-likeness (QED) is 0.235. The molecule has 2 aliphatic carbocycles. The Balaban J connectivity index is 0.000000192. The summed E-state index contributed by atoms with van der Waals surface area (Å²) in [5.41, 5.74) is 12.9. The summed E-state index contributed by atoms with van der Waals surface area (Å²) in [6.07, 6.45) is 14.8. The number of benzene rings is 2. The molecule has 40 heavy (non-hydrogen) atoms. The van der Waals surface area contributed by atoms with E-state index in [-0.39, 0.29) is 17.0 Å². The molecule has 0 bridgehead atoms. The van der Waals surface area contributed by atoms with Gasteiger partial charge in [0.05, 0.1) is 4.90 Å². The number of carbonyl (C=O) groups excluding carboxylic acids is 1. The number of rotatable bonds is 8. The van der Waals surface area contributed by atoms with Gasteiger partial charge in [-0.1, -0.05) is 42.6 Å². The van der Waals surface area contributed by atoms with E-state index in [1.54, 1.807) is 11.1 Å². The first-order valence-electron chi connectivity index (χ1n) is 13.8. The first-order valence-corrected chi connectivity index (χ1v) is 15.6. The van der Waals surface area contributed by atoms with E-state index in [4.69, 9.17) is 23.2 Å². The molecule has 3 aliphatic rings. The minimum atomic E-state index is -3.93. The highest BCUT2D eigenvalue weighted by atomic mass is 35.5. The number of nitrogens with two attached hydrogens (primary N) is 2. The van der Waals surface area contributed by atoms with Gasteiger partial charge in [-0.2, -0.15) is 0 Å². The van der Waals surface area contributed by atoms with Crippen molar-refractivity contribution in [2.24, 2.45) is 11.6 Å². The molecule has 11 heteroatoms. The first-order chi connectivity index (χ1) is 19.3. The van der Waals surface area contributed by atoms with E-state index in [0.29, 0.717) is 5.02 Å². The van der Waals surface area contributed by atoms with E-state index < -0.39 is 22.0 Å². The Morgan fingerprint density at radius 2 is 1.75 bits per heavy atom. The number of hydrogen-bond acceptors (Lipinski definition) is 7. The molecule has 2 aromatic carbocycles. The van der Waals surface area contributed by atoms with Crippen LogP contribution in [0.3, 0.4) is 0 Å². The Morgan fingerprint density at radius 3 is 2.45 bits per heavy atom. The van der Waals surface area contributed by atoms with E-state index in [1.807, 2.05) is 0 Å². The number of nitrogens with zero attached hydrogens (tertiary/aromatic N) is 1. The second kappa shape index (κ2) is 14.0. The standard InChI is InChI=1S/C16H23N.C13H16ClN5O3S/c1-2-6-15-11-13(9-10-14(15)5-1)12-17-16-7-3-4-8-16;14-9-1-3-11(4-2-9)23(21,22)19-6-5-17-13(20)12(19)7-10(15)8-18-16/h9-11,16-17H,1-8,12H2;1-6,8,12,18H,7,15-16H2,(H,17,20)/b;10-8-/t;12-/m.1/s1. The van der Waals surface area contributed by atoms with Gasteiger partial charge in [-0.25, -0.2) is 8.42 Å². The van der Waals surface area contributed by atoms with E-state index in [0.717, 1.165) is 16.9 Å². The summed E-state index contributed by atoms with van der Waals surface area (Å²) in [5, 5.41) is 6.58. The van der Waals surface area contributed by atoms with Gasteiger partial charge in [-0.05, 0) is 79.5 Å². The molecule has 2 aromatic rings. The van der Waals surface area contributed by atoms with Gasteiger partial charge < -0.3 is 21.8 Å². The monoisotopic (exact) mass is 586 g/mol. The Hall–Kier alpha value is -3.05. The average Bonchev–Trinajstić information content (AvgIpc) is 3.47. The number of hydrazine groups is 1. The van der Waals surface area contributed by atoms with Crippen LogP contribution in [0.1, 0.15) is 61.6 Å². The molecule has 1 atom stereocenters. The smallest absolute Gasteiger partial charge is 0.264 e. The van der Waals surface area contributed by atoms with Crippen molar-refractivity contribution in [3.63, 3.8) is 0 Å². The number of hydrogen-bond donors (Lipinski definition) is 5. The van der Waals surface area contributed by atoms with Crippen LogP contribution in [-0.2, 0) is 34.2 Å². The number of carbonyl (C=O) groups is 1. The van der Waals surface area contributed by atoms with Crippen LogP contribution in [0.4, 0.5) is 0 Å². The van der Waals surface area contributed by atoms with Crippen LogP contribution >= 0.6 is 11.6 Å². The summed E-state index contributed by atoms with van der Waals surface area (Å²) in [5.74, 6) is 4.64. The van der Waals surface area contributed by atoms with E-state index in [1.165, 1.54) is 99.8 Å². The lowest BCUT2D eigenvalue weighted by molar-refractivity contribution is -0.124. The molecule has 216 valence electrons. The summed E-state index contributed by atoms with van der Waals surface area (Å²) >= 11 is 5.77. The second-order valence-corrected chi connectivity index (χ2v) is 12.7. The summed E-state index contributed by atoms with van der Waals surface area (Å²) in [7, 11) is -3.93. The fourth-order valence-corrected chi connectivity index (χ4v) is 6.92. The van der Waals surface area contributed by atoms with Crippen LogP contribution in [0.2, 0.25) is 5.02 Å². The van der Waals surface area contributed by atoms with Crippen LogP contribution in [0.5, 0.6) is 0 Å². The molecule has 1 saturated carbocycles. The molecule has 0 unspecified atom stereocenters. The zero-order chi connectivity index (χ0) is 28.5. The van der Waals surface area contributed by atoms with Crippen molar-refractivity contribution >= 4 is 27.5 Å². The van der Waals surface area contributed by atoms with Gasteiger partial charge in [-0.3, -0.25) is 14.9 Å². The van der Waals surface area contributed by atoms with Gasteiger partial charge in [0.15, 0.2) is 0 Å². The number of fused-ring (bicyclic) bond motifs is 1. The van der Waals surface area contributed by atoms with Crippen molar-refractivity contribution in [3.8, 4) is 0 Å². The summed E-state index contributed by atoms with van der Waals surface area (Å²) in [6, 6.07) is 12.6. The number of aryl methyl sites for hydroxylation is 2. The second-order valence-electron chi connectivity index (χ2n) is 10.4. The topological polar surface area (TPSA) is 143 Å². The maximum Gasteiger partial charge on any atom is 0.264 e. The van der Waals surface area contributed by atoms with Crippen LogP contribution in [-0.4, -0.2) is 30.7 Å². The highest BCUT2D eigenvalue weighted by Gasteiger charge is 2.35. The minimum Gasteiger partial charge on any atom is -0.401 e. The molecule has 7 N–H and O–H groups in total. The van der Waals surface area contributed by atoms with Crippen molar-refractivity contribution in [1.82, 2.24) is 20.4 Å². The van der Waals surface area contributed by atoms with Crippen molar-refractivity contribution in [2.45, 2.75) is 81.3 Å². The number of amides is 1. The van der Waals surface area contributed by atoms with Crippen LogP contribution in [0.25, 0.3) is 0 Å². The van der Waals surface area contributed by atoms with Gasteiger partial charge >= 0.3 is 0 Å². The van der Waals surface area contributed by atoms with Crippen molar-refractivity contribution < 1.29 is 13.2 Å². The molecule has 9 nitrogen and oxygen atoms in total. The maximum atomic E-state index is 12.7. The normalized spacial score (nSPS) is 19.4. The van der Waals surface area contributed by atoms with Crippen LogP contribution in [0, 0.1) is 0 Å². The molecule has 0 aromatic heterocycles. The molecular weight excluding hydrogens is 548 g/mol. The summed E-state index contributed by atoms with van der Waals surface area (Å²) in [6.45, 7) is 1.07. The molecule has 0 radical (unpaired) electrons. The predicted octanol–water partition coefficient (Wildman–Crippen LogP) is 3.55. The Bertz CT molecular complexity index is 1320. The lowest BCUT2D eigenvalue weighted by Crippen LogP contribution is -2.49. The minimum absolute atomic E-state index is 0.0192. The number of halogens is 1. The maximum absolute atomic E-state index is 12.7. The van der Waals surface area contributed by atoms with Gasteiger partial charge in [0.2, 0.25) is 5.91 Å². The predicted molar refractivity (Wildman–Crippen MR) is 158 cm³/mol. The first kappa shape index (κ1) is 29.9. The third kappa shape index (κ3) is 7.78. The SMILES string of the molecule is NN/C=C(\N)C[C@@H]1C(=O)NC=CN1S(=O)(=O)c1ccc(Cl)cc1.c1cc2c(cc1CNC1CCCC1)CCCC2. The Labute approximate surface area is 242 Å². The lowest BCUT2D eigenvalue weighted by atomic mass is 9.90. The molecule has 1 heterocycles. The lowest BCUT2D eigenvalue weighted by Gasteiger charge is -2.31. The average molecular weight is 587 g/mol. The molecular formula is C29H39ClN6O3S. The number of nitrogens with one attached hydrogen (secondary N) is 3. The fraction of sp³-hybridized carbons (Fsp3) is 0.414. The molecule has 5 rings (SSSR count). The summed E-state index contributed by atoms with van der Waals surface area (Å²) < 4.78 is 26.5. The van der Waals surface area contributed by atoms with Crippen LogP contribution < -0.4 is 27.6 Å². The molecule has 1 aliphatic heterocycles. The van der Waals surface area contributed by atoms with E-state index >= 15 is 0 Å². The zero-order valence-electron chi connectivity index (χ0n) is 22.6. The summed E-state index contributed by atoms with van der Waals surface area (Å²) in [4.78, 5) is 12.1. The Morgan fingerprint density at radius 1 is 1.05 bits per heavy atom. The highest BCUT2D eigenvalue weighted by molar-refractivity contribution is 7.89. The number of sulfonamides is 1. The largest absolute Gasteiger partial charge is 0.401 e. The van der Waals surface area contributed by atoms with Crippen LogP contribution in [0.15, 0.2) is 71.7 Å². The van der Waals surface area contributed by atoms with Gasteiger partial charge in [0, 0.05) is 48.3 Å². The van der Waals surface area contributed by atoms with E-state index in [2.05, 4.69) is 34.3 Å². The van der Waals surface area contributed by atoms with Crippen molar-refractivity contribution in [1.29, 1.82) is 0 Å². The van der Waals surface area contributed by atoms with Crippen molar-refractivity contribution in [2.75, 3.05) is 0 Å². The third-order valence-electron chi connectivity index (χ3n) is 7.51. The highest BCUT2D eigenvalue weighted by Crippen LogP contribution is 2.25. The fourth-order valence-electron chi connectivity index (χ4n) is 5.35. The molecule has 1 fully saturated rings. The Kier molecular flexibility index (Phi) is 10.5. The molecule has 0 saturated heterocycles. The van der Waals surface area contributed by atoms with E-state index in [9.17, 15) is 13.2 Å². The zero-order valence-corrected chi connectivity index (χ0v) is 24.2. The third-order valence-corrected chi connectivity index (χ3v) is 9.56.